The van der Waals surface area contributed by atoms with E-state index in [0.29, 0.717) is 11.5 Å². The van der Waals surface area contributed by atoms with E-state index >= 15 is 0 Å². The number of hydrogen-bond acceptors (Lipinski definition) is 4. The molecular weight excluding hydrogens is 266 g/mol. The van der Waals surface area contributed by atoms with Gasteiger partial charge in [-0.25, -0.2) is 8.42 Å². The molecule has 2 rings (SSSR count). The van der Waals surface area contributed by atoms with Crippen LogP contribution in [0.4, 0.5) is 0 Å². The Kier molecular flexibility index (Phi) is 4.45. The van der Waals surface area contributed by atoms with Gasteiger partial charge in [0.1, 0.15) is 0 Å². The molecular formula is C13H21NO2S2. The van der Waals surface area contributed by atoms with Crippen LogP contribution in [0.3, 0.4) is 0 Å². The summed E-state index contributed by atoms with van der Waals surface area (Å²) in [5, 5.41) is 3.52. The Hall–Kier alpha value is -0.390. The number of sulfone groups is 1. The first-order valence-electron chi connectivity index (χ1n) is 6.52. The van der Waals surface area contributed by atoms with Gasteiger partial charge in [-0.05, 0) is 44.4 Å². The predicted molar refractivity (Wildman–Crippen MR) is 76.9 cm³/mol. The molecule has 1 aromatic heterocycles. The molecule has 0 aliphatic carbocycles. The van der Waals surface area contributed by atoms with Crippen molar-refractivity contribution in [2.24, 2.45) is 5.92 Å². The van der Waals surface area contributed by atoms with Gasteiger partial charge < -0.3 is 5.32 Å². The highest BCUT2D eigenvalue weighted by Crippen LogP contribution is 2.34. The molecule has 0 amide bonds. The maximum atomic E-state index is 11.6. The van der Waals surface area contributed by atoms with E-state index in [9.17, 15) is 8.42 Å². The van der Waals surface area contributed by atoms with Crippen LogP contribution in [0.25, 0.3) is 0 Å². The van der Waals surface area contributed by atoms with E-state index < -0.39 is 9.84 Å². The van der Waals surface area contributed by atoms with Gasteiger partial charge >= 0.3 is 0 Å². The highest BCUT2D eigenvalue weighted by molar-refractivity contribution is 7.91. The first-order chi connectivity index (χ1) is 8.52. The van der Waals surface area contributed by atoms with Crippen LogP contribution in [0, 0.1) is 12.8 Å². The predicted octanol–water partition coefficient (Wildman–Crippen LogP) is 2.53. The Bertz CT molecular complexity index is 493. The number of thiophene rings is 1. The Morgan fingerprint density at radius 1 is 1.50 bits per heavy atom. The third-order valence-electron chi connectivity index (χ3n) is 3.42. The minimum atomic E-state index is -2.80. The van der Waals surface area contributed by atoms with E-state index in [1.807, 2.05) is 0 Å². The van der Waals surface area contributed by atoms with E-state index in [1.165, 1.54) is 9.75 Å². The lowest BCUT2D eigenvalue weighted by molar-refractivity contribution is 0.398. The average Bonchev–Trinajstić information content (AvgIpc) is 2.86. The van der Waals surface area contributed by atoms with Crippen LogP contribution in [0.15, 0.2) is 12.1 Å². The molecule has 1 fully saturated rings. The average molecular weight is 287 g/mol. The summed E-state index contributed by atoms with van der Waals surface area (Å²) in [5.74, 6) is 0.928. The van der Waals surface area contributed by atoms with Gasteiger partial charge in [-0.1, -0.05) is 6.92 Å². The van der Waals surface area contributed by atoms with Gasteiger partial charge in [0, 0.05) is 15.8 Å². The molecule has 102 valence electrons. The first-order valence-corrected chi connectivity index (χ1v) is 9.16. The fraction of sp³-hybridized carbons (Fsp3) is 0.692. The summed E-state index contributed by atoms with van der Waals surface area (Å²) in [6.45, 7) is 5.17. The molecule has 2 atom stereocenters. The van der Waals surface area contributed by atoms with Crippen LogP contribution < -0.4 is 5.32 Å². The second-order valence-corrected chi connectivity index (χ2v) is 8.59. The zero-order valence-electron chi connectivity index (χ0n) is 11.0. The lowest BCUT2D eigenvalue weighted by atomic mass is 9.97. The quantitative estimate of drug-likeness (QED) is 0.905. The Morgan fingerprint density at radius 3 is 2.78 bits per heavy atom. The van der Waals surface area contributed by atoms with Crippen LogP contribution in [-0.4, -0.2) is 26.5 Å². The fourth-order valence-electron chi connectivity index (χ4n) is 2.51. The van der Waals surface area contributed by atoms with Crippen molar-refractivity contribution in [1.82, 2.24) is 5.32 Å². The van der Waals surface area contributed by atoms with Gasteiger partial charge in [0.15, 0.2) is 9.84 Å². The molecule has 1 aliphatic rings. The van der Waals surface area contributed by atoms with Crippen molar-refractivity contribution in [2.75, 3.05) is 18.1 Å². The summed E-state index contributed by atoms with van der Waals surface area (Å²) in [4.78, 5) is 2.57. The molecule has 5 heteroatoms. The van der Waals surface area contributed by atoms with Gasteiger partial charge in [0.2, 0.25) is 0 Å². The highest BCUT2D eigenvalue weighted by atomic mass is 32.2. The number of aryl methyl sites for hydroxylation is 1. The molecule has 1 saturated heterocycles. The molecule has 0 radical (unpaired) electrons. The largest absolute Gasteiger partial charge is 0.309 e. The van der Waals surface area contributed by atoms with Crippen LogP contribution in [0.1, 0.15) is 35.6 Å². The van der Waals surface area contributed by atoms with E-state index in [-0.39, 0.29) is 12.0 Å². The second kappa shape index (κ2) is 5.72. The Labute approximate surface area is 114 Å². The lowest BCUT2D eigenvalue weighted by Crippen LogP contribution is -2.29. The van der Waals surface area contributed by atoms with Crippen molar-refractivity contribution in [2.45, 2.75) is 32.7 Å². The fourth-order valence-corrected chi connectivity index (χ4v) is 5.39. The van der Waals surface area contributed by atoms with Crippen molar-refractivity contribution in [3.63, 3.8) is 0 Å². The SMILES string of the molecule is CCCNC(c1ccc(C)s1)C1CCS(=O)(=O)C1. The van der Waals surface area contributed by atoms with Crippen LogP contribution in [0.5, 0.6) is 0 Å². The maximum absolute atomic E-state index is 11.6. The molecule has 2 unspecified atom stereocenters. The molecule has 18 heavy (non-hydrogen) atoms. The van der Waals surface area contributed by atoms with E-state index in [0.717, 1.165) is 19.4 Å². The molecule has 0 bridgehead atoms. The summed E-state index contributed by atoms with van der Waals surface area (Å²) in [6, 6.07) is 4.46. The topological polar surface area (TPSA) is 46.2 Å². The summed E-state index contributed by atoms with van der Waals surface area (Å²) in [7, 11) is -2.80. The molecule has 1 aromatic rings. The van der Waals surface area contributed by atoms with E-state index in [2.05, 4.69) is 31.3 Å². The monoisotopic (exact) mass is 287 g/mol. The van der Waals surface area contributed by atoms with Crippen molar-refractivity contribution < 1.29 is 8.42 Å². The van der Waals surface area contributed by atoms with Crippen molar-refractivity contribution in [1.29, 1.82) is 0 Å². The third-order valence-corrected chi connectivity index (χ3v) is 6.30. The van der Waals surface area contributed by atoms with Crippen molar-refractivity contribution in [3.8, 4) is 0 Å². The minimum Gasteiger partial charge on any atom is -0.309 e. The minimum absolute atomic E-state index is 0.209. The Balaban J connectivity index is 2.15. The van der Waals surface area contributed by atoms with Crippen molar-refractivity contribution in [3.05, 3.63) is 21.9 Å². The zero-order valence-corrected chi connectivity index (χ0v) is 12.6. The summed E-state index contributed by atoms with van der Waals surface area (Å²) in [5.41, 5.74) is 0. The normalized spacial score (nSPS) is 24.2. The zero-order chi connectivity index (χ0) is 13.2. The van der Waals surface area contributed by atoms with E-state index in [1.54, 1.807) is 11.3 Å². The number of rotatable bonds is 5. The molecule has 1 N–H and O–H groups in total. The summed E-state index contributed by atoms with van der Waals surface area (Å²) >= 11 is 1.78. The molecule has 2 heterocycles. The number of nitrogens with one attached hydrogen (secondary N) is 1. The molecule has 0 saturated carbocycles. The van der Waals surface area contributed by atoms with E-state index in [4.69, 9.17) is 0 Å². The van der Waals surface area contributed by atoms with Crippen LogP contribution in [-0.2, 0) is 9.84 Å². The Morgan fingerprint density at radius 2 is 2.28 bits per heavy atom. The smallest absolute Gasteiger partial charge is 0.150 e. The first kappa shape index (κ1) is 14.0. The maximum Gasteiger partial charge on any atom is 0.150 e. The molecule has 0 aromatic carbocycles. The lowest BCUT2D eigenvalue weighted by Gasteiger charge is -2.22. The van der Waals surface area contributed by atoms with Gasteiger partial charge in [-0.15, -0.1) is 11.3 Å². The summed E-state index contributed by atoms with van der Waals surface area (Å²) in [6.07, 6.45) is 1.86. The highest BCUT2D eigenvalue weighted by Gasteiger charge is 2.34. The second-order valence-electron chi connectivity index (χ2n) is 5.04. The van der Waals surface area contributed by atoms with Gasteiger partial charge in [-0.3, -0.25) is 0 Å². The molecule has 3 nitrogen and oxygen atoms in total. The molecule has 1 aliphatic heterocycles. The summed E-state index contributed by atoms with van der Waals surface area (Å²) < 4.78 is 23.3. The van der Waals surface area contributed by atoms with Gasteiger partial charge in [-0.2, -0.15) is 0 Å². The van der Waals surface area contributed by atoms with Crippen molar-refractivity contribution >= 4 is 21.2 Å². The van der Waals surface area contributed by atoms with Crippen LogP contribution >= 0.6 is 11.3 Å². The number of hydrogen-bond donors (Lipinski definition) is 1. The van der Waals surface area contributed by atoms with Crippen LogP contribution in [0.2, 0.25) is 0 Å². The standard InChI is InChI=1S/C13H21NO2S2/c1-3-7-14-13(12-5-4-10(2)17-12)11-6-8-18(15,16)9-11/h4-5,11,13-14H,3,6-9H2,1-2H3. The molecule has 0 spiro atoms. The van der Waals surface area contributed by atoms with Gasteiger partial charge in [0.25, 0.3) is 0 Å². The van der Waals surface area contributed by atoms with Gasteiger partial charge in [0.05, 0.1) is 11.5 Å². The third kappa shape index (κ3) is 3.33.